The Morgan fingerprint density at radius 1 is 1.11 bits per heavy atom. The highest BCUT2D eigenvalue weighted by Gasteiger charge is 2.19. The molecule has 0 aliphatic rings. The van der Waals surface area contributed by atoms with Crippen molar-refractivity contribution in [2.75, 3.05) is 18.2 Å². The van der Waals surface area contributed by atoms with Crippen molar-refractivity contribution in [1.82, 2.24) is 5.43 Å². The van der Waals surface area contributed by atoms with Gasteiger partial charge in [0.2, 0.25) is 0 Å². The number of rotatable bonds is 3. The molecule has 0 unspecified atom stereocenters. The molecule has 2 amide bonds. The molecule has 0 saturated carbocycles. The smallest absolute Gasteiger partial charge is 0.433 e. The number of anilines is 1. The average Bonchev–Trinajstić information content (AvgIpc) is 2.37. The fourth-order valence-corrected chi connectivity index (χ4v) is 1.24. The van der Waals surface area contributed by atoms with Gasteiger partial charge >= 0.3 is 12.2 Å². The van der Waals surface area contributed by atoms with Crippen molar-refractivity contribution in [3.63, 3.8) is 0 Å². The SMILES string of the molecule is CCOC(=O)NN(C(=O)OCC)c1ccccc1. The van der Waals surface area contributed by atoms with Gasteiger partial charge in [-0.05, 0) is 26.0 Å². The second-order valence-corrected chi connectivity index (χ2v) is 3.20. The van der Waals surface area contributed by atoms with Gasteiger partial charge in [-0.1, -0.05) is 18.2 Å². The van der Waals surface area contributed by atoms with Crippen LogP contribution in [0.2, 0.25) is 0 Å². The van der Waals surface area contributed by atoms with Gasteiger partial charge in [0.05, 0.1) is 18.9 Å². The van der Waals surface area contributed by atoms with Gasteiger partial charge in [-0.3, -0.25) is 0 Å². The van der Waals surface area contributed by atoms with Crippen LogP contribution >= 0.6 is 0 Å². The summed E-state index contributed by atoms with van der Waals surface area (Å²) in [6.45, 7) is 3.80. The van der Waals surface area contributed by atoms with E-state index in [1.165, 1.54) is 0 Å². The molecule has 0 atom stereocenters. The standard InChI is InChI=1S/C12H16N2O4/c1-3-17-11(15)13-14(12(16)18-4-2)10-8-6-5-7-9-10/h5-9H,3-4H2,1-2H3,(H,13,15). The summed E-state index contributed by atoms with van der Waals surface area (Å²) in [4.78, 5) is 23.1. The Kier molecular flexibility index (Phi) is 5.50. The van der Waals surface area contributed by atoms with Crippen molar-refractivity contribution in [3.05, 3.63) is 30.3 Å². The van der Waals surface area contributed by atoms with Gasteiger partial charge in [0.1, 0.15) is 0 Å². The highest BCUT2D eigenvalue weighted by Crippen LogP contribution is 2.12. The number of para-hydroxylation sites is 1. The number of hydrogen-bond acceptors (Lipinski definition) is 4. The third-order valence-corrected chi connectivity index (χ3v) is 1.94. The molecule has 0 radical (unpaired) electrons. The summed E-state index contributed by atoms with van der Waals surface area (Å²) in [5, 5.41) is 1.00. The van der Waals surface area contributed by atoms with Gasteiger partial charge in [-0.25, -0.2) is 15.0 Å². The molecule has 1 aromatic carbocycles. The van der Waals surface area contributed by atoms with E-state index >= 15 is 0 Å². The lowest BCUT2D eigenvalue weighted by molar-refractivity contribution is 0.138. The van der Waals surface area contributed by atoms with Crippen LogP contribution in [0.3, 0.4) is 0 Å². The maximum absolute atomic E-state index is 11.7. The normalized spacial score (nSPS) is 9.44. The van der Waals surface area contributed by atoms with Crippen molar-refractivity contribution in [2.45, 2.75) is 13.8 Å². The van der Waals surface area contributed by atoms with Crippen molar-refractivity contribution >= 4 is 17.9 Å². The van der Waals surface area contributed by atoms with Crippen molar-refractivity contribution in [3.8, 4) is 0 Å². The zero-order valence-electron chi connectivity index (χ0n) is 10.4. The summed E-state index contributed by atoms with van der Waals surface area (Å²) in [7, 11) is 0. The molecule has 18 heavy (non-hydrogen) atoms. The molecule has 0 heterocycles. The number of amides is 2. The lowest BCUT2D eigenvalue weighted by Crippen LogP contribution is -2.47. The first-order valence-electron chi connectivity index (χ1n) is 5.64. The molecule has 98 valence electrons. The molecule has 0 aliphatic heterocycles. The molecular formula is C12H16N2O4. The molecule has 1 aromatic rings. The third kappa shape index (κ3) is 3.97. The number of nitrogens with zero attached hydrogens (tertiary/aromatic N) is 1. The Hall–Kier alpha value is -2.24. The number of hydrazine groups is 1. The predicted octanol–water partition coefficient (Wildman–Crippen LogP) is 2.31. The lowest BCUT2D eigenvalue weighted by Gasteiger charge is -2.21. The lowest BCUT2D eigenvalue weighted by atomic mass is 10.3. The van der Waals surface area contributed by atoms with Crippen LogP contribution in [0.1, 0.15) is 13.8 Å². The van der Waals surface area contributed by atoms with E-state index in [0.717, 1.165) is 5.01 Å². The molecule has 0 spiro atoms. The van der Waals surface area contributed by atoms with Gasteiger partial charge < -0.3 is 9.47 Å². The molecule has 6 nitrogen and oxygen atoms in total. The Morgan fingerprint density at radius 3 is 2.28 bits per heavy atom. The molecule has 1 rings (SSSR count). The first-order valence-corrected chi connectivity index (χ1v) is 5.64. The van der Waals surface area contributed by atoms with E-state index in [4.69, 9.17) is 9.47 Å². The van der Waals surface area contributed by atoms with Crippen LogP contribution < -0.4 is 10.4 Å². The van der Waals surface area contributed by atoms with Gasteiger partial charge in [-0.2, -0.15) is 5.01 Å². The largest absolute Gasteiger partial charge is 0.449 e. The number of hydrogen-bond donors (Lipinski definition) is 1. The Labute approximate surface area is 105 Å². The molecule has 0 aromatic heterocycles. The van der Waals surface area contributed by atoms with E-state index in [9.17, 15) is 9.59 Å². The van der Waals surface area contributed by atoms with E-state index in [1.54, 1.807) is 44.2 Å². The molecule has 0 aliphatic carbocycles. The second kappa shape index (κ2) is 7.16. The van der Waals surface area contributed by atoms with Crippen LogP contribution in [0.5, 0.6) is 0 Å². The summed E-state index contributed by atoms with van der Waals surface area (Å²) < 4.78 is 9.58. The van der Waals surface area contributed by atoms with E-state index in [2.05, 4.69) is 5.43 Å². The molecule has 0 bridgehead atoms. The van der Waals surface area contributed by atoms with E-state index in [0.29, 0.717) is 5.69 Å². The topological polar surface area (TPSA) is 67.9 Å². The fraction of sp³-hybridized carbons (Fsp3) is 0.333. The molecule has 1 N–H and O–H groups in total. The number of carbonyl (C=O) groups is 2. The van der Waals surface area contributed by atoms with E-state index in [1.807, 2.05) is 0 Å². The minimum atomic E-state index is -0.714. The third-order valence-electron chi connectivity index (χ3n) is 1.94. The summed E-state index contributed by atoms with van der Waals surface area (Å²) in [6, 6.07) is 8.63. The number of ether oxygens (including phenoxy) is 2. The van der Waals surface area contributed by atoms with Crippen molar-refractivity contribution in [1.29, 1.82) is 0 Å². The first kappa shape index (κ1) is 13.8. The second-order valence-electron chi connectivity index (χ2n) is 3.20. The number of benzene rings is 1. The minimum Gasteiger partial charge on any atom is -0.449 e. The molecule has 0 fully saturated rings. The van der Waals surface area contributed by atoms with Crippen LogP contribution in [-0.4, -0.2) is 25.4 Å². The van der Waals surface area contributed by atoms with E-state index in [-0.39, 0.29) is 13.2 Å². The quantitative estimate of drug-likeness (QED) is 0.838. The highest BCUT2D eigenvalue weighted by molar-refractivity contribution is 5.90. The predicted molar refractivity (Wildman–Crippen MR) is 66.1 cm³/mol. The van der Waals surface area contributed by atoms with Gasteiger partial charge in [0.25, 0.3) is 0 Å². The van der Waals surface area contributed by atoms with Crippen molar-refractivity contribution in [2.24, 2.45) is 0 Å². The van der Waals surface area contributed by atoms with Crippen molar-refractivity contribution < 1.29 is 19.1 Å². The highest BCUT2D eigenvalue weighted by atomic mass is 16.6. The van der Waals surface area contributed by atoms with Crippen LogP contribution in [-0.2, 0) is 9.47 Å². The zero-order chi connectivity index (χ0) is 13.4. The zero-order valence-corrected chi connectivity index (χ0v) is 10.4. The summed E-state index contributed by atoms with van der Waals surface area (Å²) >= 11 is 0. The Morgan fingerprint density at radius 2 is 1.72 bits per heavy atom. The van der Waals surface area contributed by atoms with Gasteiger partial charge in [0, 0.05) is 0 Å². The monoisotopic (exact) mass is 252 g/mol. The maximum atomic E-state index is 11.7. The van der Waals surface area contributed by atoms with Crippen LogP contribution in [0.25, 0.3) is 0 Å². The fourth-order valence-electron chi connectivity index (χ4n) is 1.24. The first-order chi connectivity index (χ1) is 8.69. The van der Waals surface area contributed by atoms with Crippen LogP contribution in [0, 0.1) is 0 Å². The molecular weight excluding hydrogens is 236 g/mol. The van der Waals surface area contributed by atoms with Crippen LogP contribution in [0.4, 0.5) is 15.3 Å². The minimum absolute atomic E-state index is 0.215. The van der Waals surface area contributed by atoms with Gasteiger partial charge in [0.15, 0.2) is 0 Å². The van der Waals surface area contributed by atoms with E-state index < -0.39 is 12.2 Å². The Bertz CT molecular complexity index is 394. The Balaban J connectivity index is 2.82. The molecule has 0 saturated heterocycles. The summed E-state index contributed by atoms with van der Waals surface area (Å²) in [5.74, 6) is 0. The summed E-state index contributed by atoms with van der Waals surface area (Å²) in [5.41, 5.74) is 2.81. The van der Waals surface area contributed by atoms with Gasteiger partial charge in [-0.15, -0.1) is 0 Å². The average molecular weight is 252 g/mol. The number of nitrogens with one attached hydrogen (secondary N) is 1. The summed E-state index contributed by atoms with van der Waals surface area (Å²) in [6.07, 6.45) is -1.38. The maximum Gasteiger partial charge on any atom is 0.433 e. The molecule has 6 heteroatoms. The number of carbonyl (C=O) groups excluding carboxylic acids is 2. The van der Waals surface area contributed by atoms with Crippen LogP contribution in [0.15, 0.2) is 30.3 Å².